The largest absolute Gasteiger partial charge is 0.490 e. The fourth-order valence-corrected chi connectivity index (χ4v) is 1.75. The number of carboxylic acids is 1. The number of nitro groups is 1. The Balaban J connectivity index is 2.82. The molecule has 1 aromatic carbocycles. The minimum absolute atomic E-state index is 0.00443. The van der Waals surface area contributed by atoms with Gasteiger partial charge < -0.3 is 14.7 Å². The molecule has 1 N–H and O–H groups in total. The number of hydrogen-bond acceptors (Lipinski definition) is 5. The van der Waals surface area contributed by atoms with Crippen molar-refractivity contribution in [3.8, 4) is 5.75 Å². The van der Waals surface area contributed by atoms with Crippen molar-refractivity contribution in [2.75, 3.05) is 20.7 Å². The summed E-state index contributed by atoms with van der Waals surface area (Å²) in [5.41, 5.74) is 0.0258. The summed E-state index contributed by atoms with van der Waals surface area (Å²) in [4.78, 5) is 34.1. The van der Waals surface area contributed by atoms with Gasteiger partial charge >= 0.3 is 11.7 Å². The van der Waals surface area contributed by atoms with Crippen LogP contribution in [0, 0.1) is 10.1 Å². The van der Waals surface area contributed by atoms with E-state index in [1.54, 1.807) is 0 Å². The minimum Gasteiger partial charge on any atom is -0.490 e. The van der Waals surface area contributed by atoms with Crippen LogP contribution in [0.4, 0.5) is 5.69 Å². The molecular weight excluding hydrogens is 280 g/mol. The molecule has 0 saturated heterocycles. The van der Waals surface area contributed by atoms with Crippen molar-refractivity contribution in [3.63, 3.8) is 0 Å². The summed E-state index contributed by atoms with van der Waals surface area (Å²) in [7, 11) is 2.82. The molecule has 0 aliphatic heterocycles. The number of nitrogens with zero attached hydrogens (tertiary/aromatic N) is 2. The van der Waals surface area contributed by atoms with Gasteiger partial charge in [0.05, 0.1) is 12.0 Å². The number of carbonyl (C=O) groups is 2. The number of nitro benzene ring substituents is 1. The van der Waals surface area contributed by atoms with Crippen molar-refractivity contribution in [1.29, 1.82) is 0 Å². The highest BCUT2D eigenvalue weighted by atomic mass is 16.6. The molecule has 0 aliphatic carbocycles. The van der Waals surface area contributed by atoms with Crippen molar-refractivity contribution in [2.24, 2.45) is 0 Å². The van der Waals surface area contributed by atoms with Crippen LogP contribution in [0.5, 0.6) is 5.75 Å². The zero-order chi connectivity index (χ0) is 16.0. The number of methoxy groups -OCH3 is 1. The summed E-state index contributed by atoms with van der Waals surface area (Å²) >= 11 is 0. The topological polar surface area (TPSA) is 110 Å². The molecule has 1 rings (SSSR count). The van der Waals surface area contributed by atoms with Crippen molar-refractivity contribution in [2.45, 2.75) is 12.8 Å². The van der Waals surface area contributed by atoms with E-state index in [0.717, 1.165) is 0 Å². The number of benzene rings is 1. The van der Waals surface area contributed by atoms with E-state index >= 15 is 0 Å². The fraction of sp³-hybridized carbons (Fsp3) is 0.385. The van der Waals surface area contributed by atoms with Gasteiger partial charge in [-0.05, 0) is 12.5 Å². The Hall–Kier alpha value is -2.64. The lowest BCUT2D eigenvalue weighted by molar-refractivity contribution is -0.385. The third-order valence-electron chi connectivity index (χ3n) is 2.85. The minimum atomic E-state index is -0.923. The Kier molecular flexibility index (Phi) is 5.65. The first-order valence-electron chi connectivity index (χ1n) is 6.16. The molecule has 8 heteroatoms. The molecule has 0 aliphatic rings. The summed E-state index contributed by atoms with van der Waals surface area (Å²) in [5, 5.41) is 19.3. The van der Waals surface area contributed by atoms with Crippen LogP contribution in [0.1, 0.15) is 23.2 Å². The predicted octanol–water partition coefficient (Wildman–Crippen LogP) is 1.54. The lowest BCUT2D eigenvalue weighted by Gasteiger charge is -2.17. The van der Waals surface area contributed by atoms with Crippen LogP contribution < -0.4 is 4.74 Å². The molecule has 0 aromatic heterocycles. The molecule has 21 heavy (non-hydrogen) atoms. The molecule has 0 heterocycles. The van der Waals surface area contributed by atoms with Gasteiger partial charge in [-0.1, -0.05) is 0 Å². The average Bonchev–Trinajstić information content (AvgIpc) is 2.45. The van der Waals surface area contributed by atoms with Crippen molar-refractivity contribution >= 4 is 17.6 Å². The first-order chi connectivity index (χ1) is 9.86. The Labute approximate surface area is 121 Å². The highest BCUT2D eigenvalue weighted by Crippen LogP contribution is 2.27. The quantitative estimate of drug-likeness (QED) is 0.603. The number of aliphatic carboxylic acids is 1. The van der Waals surface area contributed by atoms with E-state index in [1.807, 2.05) is 0 Å². The normalized spacial score (nSPS) is 10.0. The van der Waals surface area contributed by atoms with Crippen molar-refractivity contribution < 1.29 is 24.4 Å². The molecule has 0 saturated carbocycles. The van der Waals surface area contributed by atoms with Gasteiger partial charge in [0.2, 0.25) is 0 Å². The number of ether oxygens (including phenoxy) is 1. The molecule has 0 atom stereocenters. The van der Waals surface area contributed by atoms with Gasteiger partial charge in [0.1, 0.15) is 0 Å². The van der Waals surface area contributed by atoms with Crippen LogP contribution in [-0.4, -0.2) is 47.5 Å². The highest BCUT2D eigenvalue weighted by Gasteiger charge is 2.19. The number of carboxylic acid groups (broad SMARTS) is 1. The van der Waals surface area contributed by atoms with Gasteiger partial charge in [-0.25, -0.2) is 0 Å². The summed E-state index contributed by atoms with van der Waals surface area (Å²) in [5.74, 6) is -1.27. The number of rotatable bonds is 7. The molecular formula is C13H16N2O6. The molecule has 0 fully saturated rings. The summed E-state index contributed by atoms with van der Waals surface area (Å²) < 4.78 is 4.90. The Morgan fingerprint density at radius 2 is 2.10 bits per heavy atom. The summed E-state index contributed by atoms with van der Waals surface area (Å²) in [6.07, 6.45) is 0.308. The summed E-state index contributed by atoms with van der Waals surface area (Å²) in [6.45, 7) is 0.282. The average molecular weight is 296 g/mol. The highest BCUT2D eigenvalue weighted by molar-refractivity contribution is 5.95. The van der Waals surface area contributed by atoms with E-state index in [-0.39, 0.29) is 35.9 Å². The Morgan fingerprint density at radius 3 is 2.62 bits per heavy atom. The maximum atomic E-state index is 12.1. The number of hydrogen-bond donors (Lipinski definition) is 1. The van der Waals surface area contributed by atoms with E-state index in [0.29, 0.717) is 6.42 Å². The predicted molar refractivity (Wildman–Crippen MR) is 73.5 cm³/mol. The van der Waals surface area contributed by atoms with Crippen LogP contribution in [0.3, 0.4) is 0 Å². The van der Waals surface area contributed by atoms with Gasteiger partial charge in [0, 0.05) is 37.7 Å². The van der Waals surface area contributed by atoms with E-state index in [4.69, 9.17) is 9.84 Å². The molecule has 0 radical (unpaired) electrons. The van der Waals surface area contributed by atoms with E-state index < -0.39 is 10.9 Å². The van der Waals surface area contributed by atoms with Crippen LogP contribution in [0.2, 0.25) is 0 Å². The van der Waals surface area contributed by atoms with E-state index in [2.05, 4.69) is 0 Å². The molecule has 114 valence electrons. The number of amides is 1. The Morgan fingerprint density at radius 1 is 1.43 bits per heavy atom. The third kappa shape index (κ3) is 4.44. The lowest BCUT2D eigenvalue weighted by atomic mass is 10.1. The van der Waals surface area contributed by atoms with Gasteiger partial charge in [0.15, 0.2) is 5.75 Å². The van der Waals surface area contributed by atoms with Crippen molar-refractivity contribution in [3.05, 3.63) is 33.9 Å². The first-order valence-corrected chi connectivity index (χ1v) is 6.16. The maximum Gasteiger partial charge on any atom is 0.310 e. The molecule has 1 amide bonds. The third-order valence-corrected chi connectivity index (χ3v) is 2.85. The van der Waals surface area contributed by atoms with E-state index in [9.17, 15) is 19.7 Å². The smallest absolute Gasteiger partial charge is 0.310 e. The Bertz CT molecular complexity index is 558. The fourth-order valence-electron chi connectivity index (χ4n) is 1.75. The van der Waals surface area contributed by atoms with Crippen LogP contribution >= 0.6 is 0 Å². The molecule has 0 spiro atoms. The lowest BCUT2D eigenvalue weighted by Crippen LogP contribution is -2.28. The van der Waals surface area contributed by atoms with Gasteiger partial charge in [-0.15, -0.1) is 0 Å². The second-order valence-corrected chi connectivity index (χ2v) is 4.37. The van der Waals surface area contributed by atoms with E-state index in [1.165, 1.54) is 37.3 Å². The van der Waals surface area contributed by atoms with Crippen molar-refractivity contribution in [1.82, 2.24) is 4.90 Å². The van der Waals surface area contributed by atoms with Gasteiger partial charge in [-0.3, -0.25) is 19.7 Å². The SMILES string of the molecule is COc1cc(C(=O)N(C)CCCC(=O)O)ccc1[N+](=O)[O-]. The number of carbonyl (C=O) groups excluding carboxylic acids is 1. The van der Waals surface area contributed by atoms with Crippen LogP contribution in [-0.2, 0) is 4.79 Å². The molecule has 0 bridgehead atoms. The standard InChI is InChI=1S/C13H16N2O6/c1-14(7-3-4-12(16)17)13(18)9-5-6-10(15(19)20)11(8-9)21-2/h5-6,8H,3-4,7H2,1-2H3,(H,16,17). The first kappa shape index (κ1) is 16.4. The van der Waals surface area contributed by atoms with Gasteiger partial charge in [-0.2, -0.15) is 0 Å². The maximum absolute atomic E-state index is 12.1. The summed E-state index contributed by atoms with van der Waals surface area (Å²) in [6, 6.07) is 3.85. The molecule has 1 aromatic rings. The second-order valence-electron chi connectivity index (χ2n) is 4.37. The second kappa shape index (κ2) is 7.22. The van der Waals surface area contributed by atoms with Crippen LogP contribution in [0.15, 0.2) is 18.2 Å². The zero-order valence-corrected chi connectivity index (χ0v) is 11.7. The van der Waals surface area contributed by atoms with Gasteiger partial charge in [0.25, 0.3) is 5.91 Å². The molecule has 0 unspecified atom stereocenters. The monoisotopic (exact) mass is 296 g/mol. The molecule has 8 nitrogen and oxygen atoms in total. The zero-order valence-electron chi connectivity index (χ0n) is 11.7. The van der Waals surface area contributed by atoms with Crippen LogP contribution in [0.25, 0.3) is 0 Å².